The van der Waals surface area contributed by atoms with Crippen LogP contribution in [0, 0.1) is 0 Å². The number of carbonyl (C=O) groups is 2. The van der Waals surface area contributed by atoms with Gasteiger partial charge in [-0.25, -0.2) is 0 Å². The van der Waals surface area contributed by atoms with Crippen molar-refractivity contribution in [3.63, 3.8) is 0 Å². The lowest BCUT2D eigenvalue weighted by Crippen LogP contribution is -2.28. The van der Waals surface area contributed by atoms with E-state index >= 15 is 0 Å². The van der Waals surface area contributed by atoms with E-state index in [1.807, 2.05) is 109 Å². The molecule has 4 nitrogen and oxygen atoms in total. The molecule has 0 bridgehead atoms. The van der Waals surface area contributed by atoms with Crippen LogP contribution in [0.4, 0.5) is 0 Å². The topological polar surface area (TPSA) is 40.6 Å². The molecule has 0 spiro atoms. The zero-order valence-electron chi connectivity index (χ0n) is 20.3. The second-order valence-electron chi connectivity index (χ2n) is 9.71. The Balaban J connectivity index is 1.40. The standard InChI is InChI=1S/C34H20N2O2/c37-33-30-29(31-25-17-9-7-15-23(25)27(19-35(31)33)21-11-3-1-4-12-21)34(38)36-20-28(22-13-5-2-6-14-22)24-16-8-10-18-26(24)32(30)36/h1-20H. The van der Waals surface area contributed by atoms with Crippen molar-refractivity contribution in [2.24, 2.45) is 0 Å². The van der Waals surface area contributed by atoms with Crippen molar-refractivity contribution in [3.8, 4) is 0 Å². The quantitative estimate of drug-likeness (QED) is 0.332. The molecule has 0 saturated heterocycles. The maximum absolute atomic E-state index is 14.2. The van der Waals surface area contributed by atoms with Crippen molar-refractivity contribution in [1.29, 1.82) is 0 Å². The number of fused-ring (bicyclic) bond motifs is 7. The van der Waals surface area contributed by atoms with Crippen LogP contribution in [0.3, 0.4) is 0 Å². The fraction of sp³-hybridized carbons (Fsp3) is 0. The lowest BCUT2D eigenvalue weighted by atomic mass is 9.89. The Morgan fingerprint density at radius 1 is 0.395 bits per heavy atom. The fourth-order valence-corrected chi connectivity index (χ4v) is 6.06. The lowest BCUT2D eigenvalue weighted by Gasteiger charge is -2.30. The Morgan fingerprint density at radius 3 is 1.13 bits per heavy atom. The molecule has 0 radical (unpaired) electrons. The molecule has 0 aromatic heterocycles. The molecule has 4 heterocycles. The van der Waals surface area contributed by atoms with Crippen molar-refractivity contribution in [2.45, 2.75) is 0 Å². The van der Waals surface area contributed by atoms with Gasteiger partial charge in [0, 0.05) is 34.7 Å². The van der Waals surface area contributed by atoms with Gasteiger partial charge in [-0.3, -0.25) is 19.4 Å². The molecule has 178 valence electrons. The number of hydrogen-bond acceptors (Lipinski definition) is 2. The van der Waals surface area contributed by atoms with Crippen LogP contribution in [-0.4, -0.2) is 21.6 Å². The van der Waals surface area contributed by atoms with Gasteiger partial charge in [0.05, 0.1) is 22.5 Å². The average molecular weight is 489 g/mol. The summed E-state index contributed by atoms with van der Waals surface area (Å²) in [6.07, 6.45) is 3.79. The van der Waals surface area contributed by atoms with Crippen LogP contribution in [0.25, 0.3) is 22.5 Å². The maximum Gasteiger partial charge on any atom is 0.265 e. The Morgan fingerprint density at radius 2 is 0.737 bits per heavy atom. The van der Waals surface area contributed by atoms with Crippen LogP contribution in [0.2, 0.25) is 0 Å². The molecule has 4 aromatic rings. The van der Waals surface area contributed by atoms with Gasteiger partial charge in [0.1, 0.15) is 0 Å². The molecule has 0 aliphatic carbocycles. The molecule has 0 saturated carbocycles. The van der Waals surface area contributed by atoms with Crippen molar-refractivity contribution in [3.05, 3.63) is 166 Å². The molecule has 2 amide bonds. The third-order valence-electron chi connectivity index (χ3n) is 7.70. The third-order valence-corrected chi connectivity index (χ3v) is 7.70. The van der Waals surface area contributed by atoms with Crippen molar-refractivity contribution in [1.82, 2.24) is 9.80 Å². The average Bonchev–Trinajstić information content (AvgIpc) is 3.44. The molecule has 4 aromatic carbocycles. The number of carbonyl (C=O) groups excluding carboxylic acids is 2. The summed E-state index contributed by atoms with van der Waals surface area (Å²) < 4.78 is 0. The predicted octanol–water partition coefficient (Wildman–Crippen LogP) is 6.30. The first-order valence-corrected chi connectivity index (χ1v) is 12.6. The summed E-state index contributed by atoms with van der Waals surface area (Å²) in [7, 11) is 0. The zero-order chi connectivity index (χ0) is 25.4. The molecule has 0 N–H and O–H groups in total. The summed E-state index contributed by atoms with van der Waals surface area (Å²) >= 11 is 0. The minimum atomic E-state index is -0.171. The summed E-state index contributed by atoms with van der Waals surface area (Å²) in [6.45, 7) is 0. The molecule has 38 heavy (non-hydrogen) atoms. The van der Waals surface area contributed by atoms with Crippen molar-refractivity contribution >= 4 is 34.4 Å². The van der Waals surface area contributed by atoms with E-state index in [2.05, 4.69) is 12.1 Å². The largest absolute Gasteiger partial charge is 0.282 e. The minimum absolute atomic E-state index is 0.171. The molecular formula is C34H20N2O2. The van der Waals surface area contributed by atoms with E-state index in [0.717, 1.165) is 44.5 Å². The van der Waals surface area contributed by atoms with Crippen LogP contribution in [0.5, 0.6) is 0 Å². The highest BCUT2D eigenvalue weighted by Gasteiger charge is 2.51. The normalized spacial score (nSPS) is 17.1. The summed E-state index contributed by atoms with van der Waals surface area (Å²) in [5.41, 5.74) is 10.1. The summed E-state index contributed by atoms with van der Waals surface area (Å²) in [4.78, 5) is 31.7. The van der Waals surface area contributed by atoms with E-state index in [0.29, 0.717) is 22.5 Å². The lowest BCUT2D eigenvalue weighted by molar-refractivity contribution is -0.122. The molecule has 4 heteroatoms. The first kappa shape index (κ1) is 20.9. The van der Waals surface area contributed by atoms with Crippen molar-refractivity contribution < 1.29 is 9.59 Å². The Hall–Kier alpha value is -5.22. The second-order valence-corrected chi connectivity index (χ2v) is 9.71. The molecule has 8 rings (SSSR count). The summed E-state index contributed by atoms with van der Waals surface area (Å²) in [5.74, 6) is -0.342. The van der Waals surface area contributed by atoms with Crippen LogP contribution in [-0.2, 0) is 9.59 Å². The Bertz CT molecular complexity index is 1700. The van der Waals surface area contributed by atoms with E-state index in [-0.39, 0.29) is 11.8 Å². The first-order chi connectivity index (χ1) is 18.7. The molecular weight excluding hydrogens is 468 g/mol. The zero-order valence-corrected chi connectivity index (χ0v) is 20.3. The number of hydrogen-bond donors (Lipinski definition) is 0. The SMILES string of the molecule is O=C1C2=C3c4ccccc4C(c4ccccc4)=CN3C(=O)C2=C2c3ccccc3C(c3ccccc3)=CN12. The van der Waals surface area contributed by atoms with Gasteiger partial charge < -0.3 is 0 Å². The van der Waals surface area contributed by atoms with Crippen LogP contribution < -0.4 is 0 Å². The highest BCUT2D eigenvalue weighted by Crippen LogP contribution is 2.53. The van der Waals surface area contributed by atoms with Crippen LogP contribution >= 0.6 is 0 Å². The number of rotatable bonds is 2. The Labute approximate surface area is 219 Å². The first-order valence-electron chi connectivity index (χ1n) is 12.6. The smallest absolute Gasteiger partial charge is 0.265 e. The van der Waals surface area contributed by atoms with Gasteiger partial charge in [-0.15, -0.1) is 0 Å². The van der Waals surface area contributed by atoms with Gasteiger partial charge in [0.15, 0.2) is 0 Å². The molecule has 0 unspecified atom stereocenters. The fourth-order valence-electron chi connectivity index (χ4n) is 6.06. The van der Waals surface area contributed by atoms with E-state index in [1.165, 1.54) is 0 Å². The van der Waals surface area contributed by atoms with Crippen molar-refractivity contribution in [2.75, 3.05) is 0 Å². The molecule has 4 aliphatic heterocycles. The van der Waals surface area contributed by atoms with Crippen LogP contribution in [0.15, 0.2) is 133 Å². The van der Waals surface area contributed by atoms with Gasteiger partial charge in [-0.1, -0.05) is 109 Å². The summed E-state index contributed by atoms with van der Waals surface area (Å²) in [6, 6.07) is 36.2. The highest BCUT2D eigenvalue weighted by molar-refractivity contribution is 6.32. The van der Waals surface area contributed by atoms with E-state index in [4.69, 9.17) is 0 Å². The van der Waals surface area contributed by atoms with Gasteiger partial charge in [-0.2, -0.15) is 0 Å². The molecule has 0 fully saturated rings. The monoisotopic (exact) mass is 488 g/mol. The highest BCUT2D eigenvalue weighted by atomic mass is 16.2. The Kier molecular flexibility index (Phi) is 4.21. The second kappa shape index (κ2) is 7.64. The maximum atomic E-state index is 14.2. The molecule has 0 atom stereocenters. The number of amides is 2. The van der Waals surface area contributed by atoms with Crippen LogP contribution in [0.1, 0.15) is 33.4 Å². The molecule has 4 aliphatic rings. The third kappa shape index (κ3) is 2.69. The number of benzene rings is 4. The van der Waals surface area contributed by atoms with E-state index < -0.39 is 0 Å². The predicted molar refractivity (Wildman–Crippen MR) is 147 cm³/mol. The summed E-state index contributed by atoms with van der Waals surface area (Å²) in [5, 5.41) is 0. The minimum Gasteiger partial charge on any atom is -0.282 e. The number of nitrogens with zero attached hydrogens (tertiary/aromatic N) is 2. The van der Waals surface area contributed by atoms with Gasteiger partial charge in [-0.05, 0) is 22.3 Å². The van der Waals surface area contributed by atoms with E-state index in [1.54, 1.807) is 9.80 Å². The van der Waals surface area contributed by atoms with Gasteiger partial charge >= 0.3 is 0 Å². The van der Waals surface area contributed by atoms with E-state index in [9.17, 15) is 9.59 Å². The van der Waals surface area contributed by atoms with Gasteiger partial charge in [0.25, 0.3) is 11.8 Å². The van der Waals surface area contributed by atoms with Gasteiger partial charge in [0.2, 0.25) is 0 Å².